The monoisotopic (exact) mass is 492 g/mol. The van der Waals surface area contributed by atoms with E-state index < -0.39 is 6.04 Å². The van der Waals surface area contributed by atoms with Gasteiger partial charge in [0.25, 0.3) is 5.91 Å². The van der Waals surface area contributed by atoms with Crippen LogP contribution in [0.5, 0.6) is 5.75 Å². The molecule has 3 aromatic rings. The number of rotatable bonds is 4. The molecule has 1 fully saturated rings. The zero-order valence-corrected chi connectivity index (χ0v) is 20.8. The summed E-state index contributed by atoms with van der Waals surface area (Å²) >= 11 is 0. The van der Waals surface area contributed by atoms with Crippen molar-refractivity contribution in [3.05, 3.63) is 53.7 Å². The third-order valence-corrected chi connectivity index (χ3v) is 7.38. The molecule has 5 rings (SSSR count). The number of methoxy groups -OCH3 is 1. The lowest BCUT2D eigenvalue weighted by molar-refractivity contribution is 0.0520. The molecule has 1 atom stereocenters. The number of likely N-dealkylation sites (tertiary alicyclic amines) is 1. The van der Waals surface area contributed by atoms with Crippen molar-refractivity contribution in [2.45, 2.75) is 44.2 Å². The summed E-state index contributed by atoms with van der Waals surface area (Å²) < 4.78 is 5.43. The van der Waals surface area contributed by atoms with Crippen LogP contribution in [-0.4, -0.2) is 81.2 Å². The topological polar surface area (TPSA) is 124 Å². The van der Waals surface area contributed by atoms with Crippen molar-refractivity contribution in [2.75, 3.05) is 33.4 Å². The van der Waals surface area contributed by atoms with Crippen LogP contribution in [-0.2, 0) is 5.41 Å². The molecule has 1 spiro atoms. The number of aliphatic hydroxyl groups excluding tert-OH is 1. The number of hydrogen-bond acceptors (Lipinski definition) is 6. The van der Waals surface area contributed by atoms with Gasteiger partial charge >= 0.3 is 6.03 Å². The second-order valence-corrected chi connectivity index (χ2v) is 9.92. The Morgan fingerprint density at radius 1 is 1.28 bits per heavy atom. The first-order valence-corrected chi connectivity index (χ1v) is 12.3. The van der Waals surface area contributed by atoms with Crippen LogP contribution in [0.2, 0.25) is 0 Å². The smallest absolute Gasteiger partial charge is 0.318 e. The van der Waals surface area contributed by atoms with Gasteiger partial charge in [-0.25, -0.2) is 9.78 Å². The van der Waals surface area contributed by atoms with Crippen LogP contribution in [0.25, 0.3) is 10.9 Å². The van der Waals surface area contributed by atoms with Crippen LogP contribution in [0, 0.1) is 0 Å². The van der Waals surface area contributed by atoms with E-state index in [-0.39, 0.29) is 30.0 Å². The van der Waals surface area contributed by atoms with Gasteiger partial charge in [-0.05, 0) is 44.4 Å². The molecule has 10 heteroatoms. The number of aromatic nitrogens is 3. The molecule has 10 nitrogen and oxygen atoms in total. The van der Waals surface area contributed by atoms with Gasteiger partial charge in [0.15, 0.2) is 0 Å². The number of carbonyl (C=O) groups excluding carboxylic acids is 2. The second kappa shape index (κ2) is 9.42. The number of H-pyrrole nitrogens is 1. The summed E-state index contributed by atoms with van der Waals surface area (Å²) in [7, 11) is 1.63. The number of fused-ring (bicyclic) bond motifs is 4. The number of nitrogens with one attached hydrogen (secondary N) is 2. The summed E-state index contributed by atoms with van der Waals surface area (Å²) in [5.41, 5.74) is 2.83. The SMILES string of the molecule is COc1ccc2c3c([nH]c2c1)[C@H](CO)N(C(=O)NC(C)C)CC31CCN(C(=O)c2cnccn2)CC1. The normalized spacial score (nSPS) is 19.0. The number of nitrogens with zero attached hydrogens (tertiary/aromatic N) is 4. The number of aromatic amines is 1. The van der Waals surface area contributed by atoms with E-state index in [0.29, 0.717) is 38.2 Å². The fraction of sp³-hybridized carbons (Fsp3) is 0.462. The number of piperidine rings is 1. The van der Waals surface area contributed by atoms with Crippen LogP contribution in [0.1, 0.15) is 54.5 Å². The summed E-state index contributed by atoms with van der Waals surface area (Å²) in [6.45, 7) is 5.15. The first kappa shape index (κ1) is 24.1. The van der Waals surface area contributed by atoms with Crippen LogP contribution in [0.3, 0.4) is 0 Å². The van der Waals surface area contributed by atoms with Crippen LogP contribution in [0.4, 0.5) is 4.79 Å². The number of ether oxygens (including phenoxy) is 1. The summed E-state index contributed by atoms with van der Waals surface area (Å²) in [4.78, 5) is 41.6. The van der Waals surface area contributed by atoms with Gasteiger partial charge in [0.05, 0.1) is 26.0 Å². The second-order valence-electron chi connectivity index (χ2n) is 9.92. The molecular formula is C26H32N6O4. The summed E-state index contributed by atoms with van der Waals surface area (Å²) in [6.07, 6.45) is 5.91. The van der Waals surface area contributed by atoms with Gasteiger partial charge in [-0.3, -0.25) is 9.78 Å². The van der Waals surface area contributed by atoms with E-state index in [1.165, 1.54) is 12.4 Å². The lowest BCUT2D eigenvalue weighted by Gasteiger charge is -2.50. The van der Waals surface area contributed by atoms with Crippen molar-refractivity contribution in [2.24, 2.45) is 0 Å². The molecule has 1 aromatic carbocycles. The van der Waals surface area contributed by atoms with Gasteiger partial charge in [0.2, 0.25) is 0 Å². The Labute approximate surface area is 209 Å². The third-order valence-electron chi connectivity index (χ3n) is 7.38. The predicted molar refractivity (Wildman–Crippen MR) is 134 cm³/mol. The molecule has 3 amide bonds. The quantitative estimate of drug-likeness (QED) is 0.514. The van der Waals surface area contributed by atoms with E-state index in [4.69, 9.17) is 4.74 Å². The molecule has 4 heterocycles. The van der Waals surface area contributed by atoms with Gasteiger partial charge in [-0.15, -0.1) is 0 Å². The van der Waals surface area contributed by atoms with Crippen molar-refractivity contribution < 1.29 is 19.4 Å². The number of benzene rings is 1. The molecule has 0 radical (unpaired) electrons. The third kappa shape index (κ3) is 4.05. The number of hydrogen-bond donors (Lipinski definition) is 3. The summed E-state index contributed by atoms with van der Waals surface area (Å²) in [5.74, 6) is 0.592. The molecule has 0 bridgehead atoms. The maximum Gasteiger partial charge on any atom is 0.318 e. The highest BCUT2D eigenvalue weighted by atomic mass is 16.5. The Morgan fingerprint density at radius 2 is 2.06 bits per heavy atom. The van der Waals surface area contributed by atoms with E-state index in [2.05, 4.69) is 20.3 Å². The average Bonchev–Trinajstić information content (AvgIpc) is 3.28. The molecular weight excluding hydrogens is 460 g/mol. The Hall–Kier alpha value is -3.66. The Bertz CT molecular complexity index is 1270. The first-order chi connectivity index (χ1) is 17.4. The molecule has 0 aliphatic carbocycles. The van der Waals surface area contributed by atoms with Gasteiger partial charge in [-0.1, -0.05) is 0 Å². The van der Waals surface area contributed by atoms with E-state index in [9.17, 15) is 14.7 Å². The minimum absolute atomic E-state index is 0.0346. The zero-order valence-electron chi connectivity index (χ0n) is 20.8. The minimum atomic E-state index is -0.498. The van der Waals surface area contributed by atoms with E-state index in [1.54, 1.807) is 18.2 Å². The maximum atomic E-state index is 13.3. The largest absolute Gasteiger partial charge is 0.497 e. The Morgan fingerprint density at radius 3 is 2.69 bits per heavy atom. The van der Waals surface area contributed by atoms with Crippen LogP contribution >= 0.6 is 0 Å². The Kier molecular flexibility index (Phi) is 6.29. The highest BCUT2D eigenvalue weighted by Crippen LogP contribution is 2.49. The highest BCUT2D eigenvalue weighted by molar-refractivity contribution is 5.92. The average molecular weight is 493 g/mol. The molecule has 0 saturated carbocycles. The minimum Gasteiger partial charge on any atom is -0.497 e. The van der Waals surface area contributed by atoms with Crippen molar-refractivity contribution in [1.29, 1.82) is 0 Å². The number of carbonyl (C=O) groups is 2. The molecule has 1 saturated heterocycles. The molecule has 36 heavy (non-hydrogen) atoms. The van der Waals surface area contributed by atoms with Gasteiger partial charge in [0, 0.05) is 66.1 Å². The van der Waals surface area contributed by atoms with E-state index >= 15 is 0 Å². The summed E-state index contributed by atoms with van der Waals surface area (Å²) in [6, 6.07) is 5.18. The van der Waals surface area contributed by atoms with Crippen molar-refractivity contribution in [3.8, 4) is 5.75 Å². The number of amides is 3. The van der Waals surface area contributed by atoms with Crippen LogP contribution < -0.4 is 10.1 Å². The number of urea groups is 1. The molecule has 0 unspecified atom stereocenters. The highest BCUT2D eigenvalue weighted by Gasteiger charge is 2.49. The molecule has 2 aromatic heterocycles. The van der Waals surface area contributed by atoms with Gasteiger partial charge in [-0.2, -0.15) is 0 Å². The molecule has 2 aliphatic heterocycles. The molecule has 2 aliphatic rings. The molecule has 3 N–H and O–H groups in total. The van der Waals surface area contributed by atoms with Crippen molar-refractivity contribution in [1.82, 2.24) is 30.1 Å². The van der Waals surface area contributed by atoms with E-state index in [0.717, 1.165) is 27.9 Å². The molecule has 190 valence electrons. The fourth-order valence-electron chi connectivity index (χ4n) is 5.67. The maximum absolute atomic E-state index is 13.3. The Balaban J connectivity index is 1.55. The van der Waals surface area contributed by atoms with Crippen molar-refractivity contribution in [3.63, 3.8) is 0 Å². The lowest BCUT2D eigenvalue weighted by atomic mass is 9.68. The first-order valence-electron chi connectivity index (χ1n) is 12.3. The number of aliphatic hydroxyl groups is 1. The fourth-order valence-corrected chi connectivity index (χ4v) is 5.67. The van der Waals surface area contributed by atoms with Gasteiger partial charge in [0.1, 0.15) is 11.4 Å². The van der Waals surface area contributed by atoms with E-state index in [1.807, 2.05) is 36.9 Å². The zero-order chi connectivity index (χ0) is 25.4. The standard InChI is InChI=1S/C26H32N6O4/c1-16(2)29-25(35)32-15-26(6-10-31(11-7-26)24(34)20-13-27-8-9-28-20)22-18-5-4-17(36-3)12-19(18)30-23(22)21(32)14-33/h4-5,8-9,12-13,16,21,30,33H,6-7,10-11,14-15H2,1-3H3,(H,29,35)/t21-/m0/s1. The lowest BCUT2D eigenvalue weighted by Crippen LogP contribution is -2.58. The van der Waals surface area contributed by atoms with Gasteiger partial charge < -0.3 is 29.9 Å². The summed E-state index contributed by atoms with van der Waals surface area (Å²) in [5, 5.41) is 14.5. The predicted octanol–water partition coefficient (Wildman–Crippen LogP) is 2.61. The van der Waals surface area contributed by atoms with Crippen molar-refractivity contribution >= 4 is 22.8 Å². The van der Waals surface area contributed by atoms with Crippen LogP contribution in [0.15, 0.2) is 36.8 Å².